The molecule has 1 saturated carbocycles. The van der Waals surface area contributed by atoms with Crippen molar-refractivity contribution in [3.63, 3.8) is 0 Å². The van der Waals surface area contributed by atoms with Gasteiger partial charge in [-0.3, -0.25) is 4.79 Å². The van der Waals surface area contributed by atoms with Gasteiger partial charge in [0.25, 0.3) is 6.47 Å². The van der Waals surface area contributed by atoms with E-state index in [9.17, 15) is 9.59 Å². The summed E-state index contributed by atoms with van der Waals surface area (Å²) in [5.74, 6) is -0.580. The van der Waals surface area contributed by atoms with Crippen molar-refractivity contribution < 1.29 is 19.1 Å². The summed E-state index contributed by atoms with van der Waals surface area (Å²) in [6.07, 6.45) is 2.08. The summed E-state index contributed by atoms with van der Waals surface area (Å²) >= 11 is 0. The molecule has 13 heavy (non-hydrogen) atoms. The van der Waals surface area contributed by atoms with Gasteiger partial charge in [0.15, 0.2) is 0 Å². The summed E-state index contributed by atoms with van der Waals surface area (Å²) < 4.78 is 9.52. The number of esters is 1. The van der Waals surface area contributed by atoms with E-state index in [1.807, 2.05) is 0 Å². The van der Waals surface area contributed by atoms with E-state index in [0.29, 0.717) is 6.42 Å². The van der Waals surface area contributed by atoms with E-state index in [2.05, 4.69) is 6.58 Å². The molecule has 0 amide bonds. The van der Waals surface area contributed by atoms with Crippen molar-refractivity contribution in [3.05, 3.63) is 12.7 Å². The smallest absolute Gasteiger partial charge is 0.351 e. The second kappa shape index (κ2) is 3.60. The molecular formula is C9H12O4. The fraction of sp³-hybridized carbons (Fsp3) is 0.556. The van der Waals surface area contributed by atoms with Crippen LogP contribution < -0.4 is 0 Å². The Bertz CT molecular complexity index is 236. The van der Waals surface area contributed by atoms with Gasteiger partial charge in [-0.25, -0.2) is 4.79 Å². The lowest BCUT2D eigenvalue weighted by Gasteiger charge is -2.12. The molecule has 1 rings (SSSR count). The number of ether oxygens (including phenoxy) is 2. The Hall–Kier alpha value is -1.32. The van der Waals surface area contributed by atoms with Crippen LogP contribution in [0.25, 0.3) is 0 Å². The van der Waals surface area contributed by atoms with Crippen LogP contribution >= 0.6 is 0 Å². The quantitative estimate of drug-likeness (QED) is 0.358. The second-order valence-electron chi connectivity index (χ2n) is 2.87. The first kappa shape index (κ1) is 9.77. The van der Waals surface area contributed by atoms with Crippen LogP contribution in [0.3, 0.4) is 0 Å². The molecule has 1 aliphatic rings. The fourth-order valence-corrected chi connectivity index (χ4v) is 1.30. The number of hydrogen-bond acceptors (Lipinski definition) is 4. The van der Waals surface area contributed by atoms with E-state index in [1.54, 1.807) is 13.0 Å². The van der Waals surface area contributed by atoms with Gasteiger partial charge in [-0.05, 0) is 6.92 Å². The maximum Gasteiger partial charge on any atom is 0.351 e. The zero-order chi connectivity index (χ0) is 9.90. The average Bonchev–Trinajstić information content (AvgIpc) is 2.81. The largest absolute Gasteiger partial charge is 0.463 e. The summed E-state index contributed by atoms with van der Waals surface area (Å²) in [7, 11) is 0. The molecule has 0 radical (unpaired) electrons. The van der Waals surface area contributed by atoms with Gasteiger partial charge in [-0.1, -0.05) is 6.08 Å². The van der Waals surface area contributed by atoms with E-state index in [1.165, 1.54) is 0 Å². The second-order valence-corrected chi connectivity index (χ2v) is 2.87. The Morgan fingerprint density at radius 2 is 2.46 bits per heavy atom. The lowest BCUT2D eigenvalue weighted by Crippen LogP contribution is -2.30. The van der Waals surface area contributed by atoms with Crippen LogP contribution in [0.4, 0.5) is 0 Å². The van der Waals surface area contributed by atoms with Gasteiger partial charge in [0, 0.05) is 12.3 Å². The first-order valence-corrected chi connectivity index (χ1v) is 4.12. The molecule has 0 aromatic carbocycles. The van der Waals surface area contributed by atoms with Crippen LogP contribution in [-0.4, -0.2) is 24.6 Å². The number of rotatable bonds is 5. The summed E-state index contributed by atoms with van der Waals surface area (Å²) in [4.78, 5) is 21.5. The molecular weight excluding hydrogens is 172 g/mol. The minimum atomic E-state index is -1.07. The molecule has 0 spiro atoms. The average molecular weight is 184 g/mol. The minimum absolute atomic E-state index is 0.100. The SMILES string of the molecule is C=CC1CC1(OC=O)C(=O)OCC. The van der Waals surface area contributed by atoms with Crippen LogP contribution in [0.1, 0.15) is 13.3 Å². The van der Waals surface area contributed by atoms with Gasteiger partial charge in [0.2, 0.25) is 5.60 Å². The van der Waals surface area contributed by atoms with Gasteiger partial charge in [0.05, 0.1) is 6.61 Å². The molecule has 0 bridgehead atoms. The fourth-order valence-electron chi connectivity index (χ4n) is 1.30. The number of hydrogen-bond donors (Lipinski definition) is 0. The van der Waals surface area contributed by atoms with Gasteiger partial charge in [0.1, 0.15) is 0 Å². The third-order valence-electron chi connectivity index (χ3n) is 2.13. The third-order valence-corrected chi connectivity index (χ3v) is 2.13. The Labute approximate surface area is 76.5 Å². The van der Waals surface area contributed by atoms with Crippen LogP contribution in [-0.2, 0) is 19.1 Å². The molecule has 4 heteroatoms. The summed E-state index contributed by atoms with van der Waals surface area (Å²) in [5, 5.41) is 0. The van der Waals surface area contributed by atoms with Crippen molar-refractivity contribution >= 4 is 12.4 Å². The van der Waals surface area contributed by atoms with Crippen LogP contribution in [0, 0.1) is 5.92 Å². The third kappa shape index (κ3) is 1.56. The normalized spacial score (nSPS) is 30.4. The maximum absolute atomic E-state index is 11.3. The Balaban J connectivity index is 2.64. The van der Waals surface area contributed by atoms with Crippen LogP contribution in [0.15, 0.2) is 12.7 Å². The molecule has 1 aliphatic carbocycles. The number of carbonyl (C=O) groups excluding carboxylic acids is 2. The summed E-state index contributed by atoms with van der Waals surface area (Å²) in [5.41, 5.74) is -1.07. The first-order valence-electron chi connectivity index (χ1n) is 4.12. The topological polar surface area (TPSA) is 52.6 Å². The zero-order valence-corrected chi connectivity index (χ0v) is 7.49. The molecule has 72 valence electrons. The molecule has 1 fully saturated rings. The lowest BCUT2D eigenvalue weighted by atomic mass is 10.2. The molecule has 2 unspecified atom stereocenters. The van der Waals surface area contributed by atoms with Gasteiger partial charge in [-0.2, -0.15) is 0 Å². The van der Waals surface area contributed by atoms with Crippen molar-refractivity contribution in [2.45, 2.75) is 18.9 Å². The molecule has 2 atom stereocenters. The van der Waals surface area contributed by atoms with Gasteiger partial charge >= 0.3 is 5.97 Å². The van der Waals surface area contributed by atoms with E-state index in [4.69, 9.17) is 9.47 Å². The van der Waals surface area contributed by atoms with E-state index < -0.39 is 11.6 Å². The highest BCUT2D eigenvalue weighted by Gasteiger charge is 2.63. The molecule has 0 N–H and O–H groups in total. The predicted octanol–water partition coefficient (Wildman–Crippen LogP) is 0.667. The van der Waals surface area contributed by atoms with Crippen LogP contribution in [0.5, 0.6) is 0 Å². The van der Waals surface area contributed by atoms with Gasteiger partial charge < -0.3 is 9.47 Å². The van der Waals surface area contributed by atoms with Crippen molar-refractivity contribution in [1.82, 2.24) is 0 Å². The maximum atomic E-state index is 11.3. The van der Waals surface area contributed by atoms with Crippen LogP contribution in [0.2, 0.25) is 0 Å². The molecule has 0 aromatic heterocycles. The van der Waals surface area contributed by atoms with E-state index in [0.717, 1.165) is 0 Å². The Kier molecular flexibility index (Phi) is 2.70. The monoisotopic (exact) mass is 184 g/mol. The van der Waals surface area contributed by atoms with E-state index >= 15 is 0 Å². The molecule has 0 heterocycles. The lowest BCUT2D eigenvalue weighted by molar-refractivity contribution is -0.165. The van der Waals surface area contributed by atoms with E-state index in [-0.39, 0.29) is 19.0 Å². The van der Waals surface area contributed by atoms with Gasteiger partial charge in [-0.15, -0.1) is 6.58 Å². The van der Waals surface area contributed by atoms with Crippen molar-refractivity contribution in [2.75, 3.05) is 6.61 Å². The highest BCUT2D eigenvalue weighted by molar-refractivity contribution is 5.85. The first-order chi connectivity index (χ1) is 6.21. The van der Waals surface area contributed by atoms with Crippen molar-refractivity contribution in [3.8, 4) is 0 Å². The molecule has 0 aromatic rings. The minimum Gasteiger partial charge on any atom is -0.463 e. The van der Waals surface area contributed by atoms with Crippen molar-refractivity contribution in [2.24, 2.45) is 5.92 Å². The molecule has 4 nitrogen and oxygen atoms in total. The standard InChI is InChI=1S/C9H12O4/c1-3-7-5-9(7,13-6-10)8(11)12-4-2/h3,6-7H,1,4-5H2,2H3. The Morgan fingerprint density at radius 3 is 2.85 bits per heavy atom. The number of carbonyl (C=O) groups is 2. The molecule has 0 aliphatic heterocycles. The predicted molar refractivity (Wildman–Crippen MR) is 44.8 cm³/mol. The highest BCUT2D eigenvalue weighted by Crippen LogP contribution is 2.48. The molecule has 0 saturated heterocycles. The summed E-state index contributed by atoms with van der Waals surface area (Å²) in [6, 6.07) is 0. The Morgan fingerprint density at radius 1 is 1.77 bits per heavy atom. The highest BCUT2D eigenvalue weighted by atomic mass is 16.6. The zero-order valence-electron chi connectivity index (χ0n) is 7.49. The summed E-state index contributed by atoms with van der Waals surface area (Å²) in [6.45, 7) is 5.81. The van der Waals surface area contributed by atoms with Crippen molar-refractivity contribution in [1.29, 1.82) is 0 Å².